The first-order valence-corrected chi connectivity index (χ1v) is 6.12. The second-order valence-corrected chi connectivity index (χ2v) is 5.10. The van der Waals surface area contributed by atoms with Gasteiger partial charge < -0.3 is 5.73 Å². The van der Waals surface area contributed by atoms with Crippen LogP contribution in [0.15, 0.2) is 5.38 Å². The molecule has 1 saturated carbocycles. The first kappa shape index (κ1) is 11.7. The van der Waals surface area contributed by atoms with Crippen molar-refractivity contribution in [3.05, 3.63) is 11.1 Å². The Balaban J connectivity index is 2.07. The van der Waals surface area contributed by atoms with Gasteiger partial charge in [0.25, 0.3) is 0 Å². The Labute approximate surface area is 95.7 Å². The first-order chi connectivity index (χ1) is 7.47. The summed E-state index contributed by atoms with van der Waals surface area (Å²) >= 11 is 1.29. The Morgan fingerprint density at radius 3 is 2.69 bits per heavy atom. The van der Waals surface area contributed by atoms with Crippen molar-refractivity contribution < 1.29 is 13.2 Å². The van der Waals surface area contributed by atoms with Crippen LogP contribution in [0.5, 0.6) is 0 Å². The molecule has 0 aromatic carbocycles. The first-order valence-electron chi connectivity index (χ1n) is 5.24. The SMILES string of the molecule is Nc1nc([C@@H]2CCC[C@@H](C(F)(F)F)C2)cs1. The number of alkyl halides is 3. The van der Waals surface area contributed by atoms with Gasteiger partial charge in [-0.25, -0.2) is 4.98 Å². The quantitative estimate of drug-likeness (QED) is 0.827. The van der Waals surface area contributed by atoms with Crippen LogP contribution in [0.25, 0.3) is 0 Å². The third-order valence-corrected chi connectivity index (χ3v) is 3.79. The van der Waals surface area contributed by atoms with Gasteiger partial charge in [0.15, 0.2) is 5.13 Å². The fourth-order valence-corrected chi connectivity index (χ4v) is 2.89. The topological polar surface area (TPSA) is 38.9 Å². The van der Waals surface area contributed by atoms with Crippen LogP contribution in [-0.2, 0) is 0 Å². The van der Waals surface area contributed by atoms with Gasteiger partial charge in [0.2, 0.25) is 0 Å². The van der Waals surface area contributed by atoms with Crippen molar-refractivity contribution in [2.75, 3.05) is 5.73 Å². The van der Waals surface area contributed by atoms with Gasteiger partial charge in [-0.1, -0.05) is 6.42 Å². The Morgan fingerprint density at radius 2 is 2.12 bits per heavy atom. The summed E-state index contributed by atoms with van der Waals surface area (Å²) in [4.78, 5) is 4.08. The molecular formula is C10H13F3N2S. The lowest BCUT2D eigenvalue weighted by Gasteiger charge is -2.29. The summed E-state index contributed by atoms with van der Waals surface area (Å²) in [6.45, 7) is 0. The zero-order chi connectivity index (χ0) is 11.8. The molecular weight excluding hydrogens is 237 g/mol. The highest BCUT2D eigenvalue weighted by Crippen LogP contribution is 2.43. The van der Waals surface area contributed by atoms with E-state index < -0.39 is 12.1 Å². The minimum Gasteiger partial charge on any atom is -0.375 e. The summed E-state index contributed by atoms with van der Waals surface area (Å²) in [6.07, 6.45) is -2.26. The lowest BCUT2D eigenvalue weighted by molar-refractivity contribution is -0.183. The molecule has 1 aliphatic rings. The summed E-state index contributed by atoms with van der Waals surface area (Å²) in [6, 6.07) is 0. The van der Waals surface area contributed by atoms with E-state index in [1.54, 1.807) is 5.38 Å². The van der Waals surface area contributed by atoms with E-state index in [4.69, 9.17) is 5.73 Å². The number of thiazole rings is 1. The van der Waals surface area contributed by atoms with Crippen LogP contribution < -0.4 is 5.73 Å². The van der Waals surface area contributed by atoms with E-state index in [9.17, 15) is 13.2 Å². The van der Waals surface area contributed by atoms with Crippen LogP contribution in [0.3, 0.4) is 0 Å². The van der Waals surface area contributed by atoms with Gasteiger partial charge in [-0.3, -0.25) is 0 Å². The number of nitrogens with two attached hydrogens (primary N) is 1. The summed E-state index contributed by atoms with van der Waals surface area (Å²) in [5, 5.41) is 2.21. The maximum absolute atomic E-state index is 12.6. The van der Waals surface area contributed by atoms with Crippen molar-refractivity contribution in [2.45, 2.75) is 37.8 Å². The van der Waals surface area contributed by atoms with Crippen molar-refractivity contribution in [3.8, 4) is 0 Å². The minimum absolute atomic E-state index is 0.0751. The molecule has 1 aromatic heterocycles. The van der Waals surface area contributed by atoms with Crippen molar-refractivity contribution in [1.29, 1.82) is 0 Å². The summed E-state index contributed by atoms with van der Waals surface area (Å²) in [7, 11) is 0. The zero-order valence-electron chi connectivity index (χ0n) is 8.63. The van der Waals surface area contributed by atoms with Gasteiger partial charge in [-0.2, -0.15) is 13.2 Å². The normalized spacial score (nSPS) is 26.9. The summed E-state index contributed by atoms with van der Waals surface area (Å²) in [5.41, 5.74) is 6.22. The molecule has 0 spiro atoms. The molecule has 1 heterocycles. The van der Waals surface area contributed by atoms with Crippen LogP contribution >= 0.6 is 11.3 Å². The van der Waals surface area contributed by atoms with E-state index in [1.165, 1.54) is 11.3 Å². The van der Waals surface area contributed by atoms with Gasteiger partial charge in [0.1, 0.15) is 0 Å². The highest BCUT2D eigenvalue weighted by atomic mass is 32.1. The third-order valence-electron chi connectivity index (χ3n) is 3.10. The number of rotatable bonds is 1. The van der Waals surface area contributed by atoms with E-state index in [0.29, 0.717) is 11.6 Å². The Hall–Kier alpha value is -0.780. The second kappa shape index (κ2) is 4.24. The molecule has 0 unspecified atom stereocenters. The van der Waals surface area contributed by atoms with Crippen molar-refractivity contribution >= 4 is 16.5 Å². The van der Waals surface area contributed by atoms with E-state index in [-0.39, 0.29) is 18.8 Å². The van der Waals surface area contributed by atoms with Crippen LogP contribution in [0, 0.1) is 5.92 Å². The van der Waals surface area contributed by atoms with E-state index in [0.717, 1.165) is 12.1 Å². The van der Waals surface area contributed by atoms with Gasteiger partial charge >= 0.3 is 6.18 Å². The summed E-state index contributed by atoms with van der Waals surface area (Å²) < 4.78 is 37.8. The van der Waals surface area contributed by atoms with Crippen molar-refractivity contribution in [2.24, 2.45) is 5.92 Å². The maximum Gasteiger partial charge on any atom is 0.391 e. The van der Waals surface area contributed by atoms with Gasteiger partial charge in [-0.05, 0) is 19.3 Å². The van der Waals surface area contributed by atoms with E-state index in [1.807, 2.05) is 0 Å². The standard InChI is InChI=1S/C10H13F3N2S/c11-10(12,13)7-3-1-2-6(4-7)8-5-16-9(14)15-8/h5-7H,1-4H2,(H2,14,15)/t6-,7-/m1/s1. The average Bonchev–Trinajstić information content (AvgIpc) is 2.64. The molecule has 2 nitrogen and oxygen atoms in total. The molecule has 6 heteroatoms. The minimum atomic E-state index is -4.07. The molecule has 1 aromatic rings. The molecule has 2 rings (SSSR count). The Kier molecular flexibility index (Phi) is 3.10. The molecule has 0 amide bonds. The Morgan fingerprint density at radius 1 is 1.38 bits per heavy atom. The number of nitrogens with zero attached hydrogens (tertiary/aromatic N) is 1. The number of hydrogen-bond acceptors (Lipinski definition) is 3. The zero-order valence-corrected chi connectivity index (χ0v) is 9.44. The molecule has 1 fully saturated rings. The molecule has 0 bridgehead atoms. The van der Waals surface area contributed by atoms with Gasteiger partial charge in [0, 0.05) is 11.3 Å². The number of hydrogen-bond donors (Lipinski definition) is 1. The number of aromatic nitrogens is 1. The fraction of sp³-hybridized carbons (Fsp3) is 0.700. The maximum atomic E-state index is 12.6. The predicted octanol–water partition coefficient (Wildman–Crippen LogP) is 3.56. The van der Waals surface area contributed by atoms with E-state index in [2.05, 4.69) is 4.98 Å². The molecule has 2 N–H and O–H groups in total. The average molecular weight is 250 g/mol. The lowest BCUT2D eigenvalue weighted by Crippen LogP contribution is -2.28. The number of halogens is 3. The highest BCUT2D eigenvalue weighted by Gasteiger charge is 2.42. The number of nitrogen functional groups attached to an aromatic ring is 1. The molecule has 1 aliphatic carbocycles. The summed E-state index contributed by atoms with van der Waals surface area (Å²) in [5.74, 6) is -1.25. The van der Waals surface area contributed by atoms with Crippen molar-refractivity contribution in [1.82, 2.24) is 4.98 Å². The molecule has 0 aliphatic heterocycles. The second-order valence-electron chi connectivity index (χ2n) is 4.21. The molecule has 2 atom stereocenters. The van der Waals surface area contributed by atoms with Crippen LogP contribution in [0.1, 0.15) is 37.3 Å². The molecule has 16 heavy (non-hydrogen) atoms. The largest absolute Gasteiger partial charge is 0.391 e. The smallest absolute Gasteiger partial charge is 0.375 e. The molecule has 0 radical (unpaired) electrons. The van der Waals surface area contributed by atoms with Crippen molar-refractivity contribution in [3.63, 3.8) is 0 Å². The predicted molar refractivity (Wildman–Crippen MR) is 57.3 cm³/mol. The third kappa shape index (κ3) is 2.48. The highest BCUT2D eigenvalue weighted by molar-refractivity contribution is 7.13. The Bertz CT molecular complexity index is 361. The number of anilines is 1. The van der Waals surface area contributed by atoms with Gasteiger partial charge in [-0.15, -0.1) is 11.3 Å². The van der Waals surface area contributed by atoms with Crippen LogP contribution in [0.4, 0.5) is 18.3 Å². The monoisotopic (exact) mass is 250 g/mol. The lowest BCUT2D eigenvalue weighted by atomic mass is 9.80. The van der Waals surface area contributed by atoms with Crippen LogP contribution in [0.2, 0.25) is 0 Å². The van der Waals surface area contributed by atoms with Crippen LogP contribution in [-0.4, -0.2) is 11.2 Å². The van der Waals surface area contributed by atoms with E-state index >= 15 is 0 Å². The molecule has 0 saturated heterocycles. The fourth-order valence-electron chi connectivity index (χ4n) is 2.24. The van der Waals surface area contributed by atoms with Gasteiger partial charge in [0.05, 0.1) is 11.6 Å². The molecule has 90 valence electrons.